The van der Waals surface area contributed by atoms with Crippen LogP contribution in [0.25, 0.3) is 0 Å². The number of nitrogens with two attached hydrogens (primary N) is 1. The van der Waals surface area contributed by atoms with E-state index in [4.69, 9.17) is 5.73 Å². The lowest BCUT2D eigenvalue weighted by Gasteiger charge is -2.18. The number of aromatic nitrogens is 1. The van der Waals surface area contributed by atoms with Gasteiger partial charge in [-0.25, -0.2) is 4.98 Å². The highest BCUT2D eigenvalue weighted by molar-refractivity contribution is 5.81. The molecular formula is C14H20FN3O. The van der Waals surface area contributed by atoms with Crippen molar-refractivity contribution in [1.82, 2.24) is 10.3 Å². The standard InChI is InChI=1S/C14H20FN3O/c1-9-6-11(13(15)17-7-9)8-18-14(19)12(16)10-4-2-3-5-10/h6-7,10,12H,2-5,8,16H2,1H3,(H,18,19). The molecule has 0 aromatic carbocycles. The van der Waals surface area contributed by atoms with Gasteiger partial charge in [-0.3, -0.25) is 4.79 Å². The Morgan fingerprint density at radius 2 is 2.26 bits per heavy atom. The topological polar surface area (TPSA) is 68.0 Å². The summed E-state index contributed by atoms with van der Waals surface area (Å²) in [6.45, 7) is 1.97. The monoisotopic (exact) mass is 265 g/mol. The SMILES string of the molecule is Cc1cnc(F)c(CNC(=O)C(N)C2CCCC2)c1. The molecule has 3 N–H and O–H groups in total. The van der Waals surface area contributed by atoms with Crippen LogP contribution >= 0.6 is 0 Å². The summed E-state index contributed by atoms with van der Waals surface area (Å²) < 4.78 is 13.4. The van der Waals surface area contributed by atoms with Gasteiger partial charge in [-0.1, -0.05) is 12.8 Å². The van der Waals surface area contributed by atoms with E-state index >= 15 is 0 Å². The lowest BCUT2D eigenvalue weighted by Crippen LogP contribution is -2.44. The normalized spacial score (nSPS) is 17.4. The van der Waals surface area contributed by atoms with E-state index in [-0.39, 0.29) is 18.4 Å². The highest BCUT2D eigenvalue weighted by Gasteiger charge is 2.27. The number of pyridine rings is 1. The number of amides is 1. The highest BCUT2D eigenvalue weighted by Crippen LogP contribution is 2.26. The molecule has 1 aromatic rings. The lowest BCUT2D eigenvalue weighted by atomic mass is 9.98. The first-order valence-electron chi connectivity index (χ1n) is 6.72. The molecule has 1 amide bonds. The molecule has 2 rings (SSSR count). The first kappa shape index (κ1) is 13.9. The zero-order valence-electron chi connectivity index (χ0n) is 11.2. The quantitative estimate of drug-likeness (QED) is 0.814. The van der Waals surface area contributed by atoms with E-state index in [0.717, 1.165) is 31.2 Å². The summed E-state index contributed by atoms with van der Waals surface area (Å²) >= 11 is 0. The summed E-state index contributed by atoms with van der Waals surface area (Å²) in [7, 11) is 0. The van der Waals surface area contributed by atoms with Crippen LogP contribution in [0.5, 0.6) is 0 Å². The smallest absolute Gasteiger partial charge is 0.237 e. The molecule has 1 aliphatic carbocycles. The summed E-state index contributed by atoms with van der Waals surface area (Å²) in [6, 6.07) is 1.20. The van der Waals surface area contributed by atoms with Crippen LogP contribution in [0, 0.1) is 18.8 Å². The molecule has 1 atom stereocenters. The first-order valence-corrected chi connectivity index (χ1v) is 6.72. The molecule has 5 heteroatoms. The van der Waals surface area contributed by atoms with Gasteiger partial charge in [0.15, 0.2) is 0 Å². The van der Waals surface area contributed by atoms with Gasteiger partial charge in [-0.2, -0.15) is 4.39 Å². The molecule has 0 bridgehead atoms. The van der Waals surface area contributed by atoms with Crippen LogP contribution in [-0.2, 0) is 11.3 Å². The molecule has 1 heterocycles. The van der Waals surface area contributed by atoms with Gasteiger partial charge >= 0.3 is 0 Å². The van der Waals surface area contributed by atoms with Crippen molar-refractivity contribution in [1.29, 1.82) is 0 Å². The largest absolute Gasteiger partial charge is 0.350 e. The molecule has 1 saturated carbocycles. The summed E-state index contributed by atoms with van der Waals surface area (Å²) in [6.07, 6.45) is 5.76. The van der Waals surface area contributed by atoms with Crippen LogP contribution in [-0.4, -0.2) is 16.9 Å². The number of rotatable bonds is 4. The fraction of sp³-hybridized carbons (Fsp3) is 0.571. The van der Waals surface area contributed by atoms with E-state index in [9.17, 15) is 9.18 Å². The fourth-order valence-corrected chi connectivity index (χ4v) is 2.57. The number of nitrogens with zero attached hydrogens (tertiary/aromatic N) is 1. The molecule has 0 radical (unpaired) electrons. The third-order valence-electron chi connectivity index (χ3n) is 3.71. The van der Waals surface area contributed by atoms with E-state index in [2.05, 4.69) is 10.3 Å². The Balaban J connectivity index is 1.90. The minimum absolute atomic E-state index is 0.139. The predicted molar refractivity (Wildman–Crippen MR) is 70.7 cm³/mol. The van der Waals surface area contributed by atoms with Crippen LogP contribution in [0.4, 0.5) is 4.39 Å². The summed E-state index contributed by atoms with van der Waals surface area (Å²) in [5, 5.41) is 2.70. The van der Waals surface area contributed by atoms with Gasteiger partial charge < -0.3 is 11.1 Å². The van der Waals surface area contributed by atoms with Gasteiger partial charge in [0, 0.05) is 18.3 Å². The number of carbonyl (C=O) groups excluding carboxylic acids is 1. The van der Waals surface area contributed by atoms with Gasteiger partial charge in [-0.05, 0) is 37.3 Å². The molecule has 0 aliphatic heterocycles. The lowest BCUT2D eigenvalue weighted by molar-refractivity contribution is -0.123. The average molecular weight is 265 g/mol. The van der Waals surface area contributed by atoms with Crippen LogP contribution < -0.4 is 11.1 Å². The molecule has 1 aromatic heterocycles. The van der Waals surface area contributed by atoms with Gasteiger partial charge in [-0.15, -0.1) is 0 Å². The number of hydrogen-bond donors (Lipinski definition) is 2. The van der Waals surface area contributed by atoms with Crippen LogP contribution in [0.2, 0.25) is 0 Å². The van der Waals surface area contributed by atoms with Gasteiger partial charge in [0.05, 0.1) is 6.04 Å². The van der Waals surface area contributed by atoms with E-state index in [1.54, 1.807) is 6.07 Å². The van der Waals surface area contributed by atoms with Gasteiger partial charge in [0.2, 0.25) is 11.9 Å². The van der Waals surface area contributed by atoms with Crippen molar-refractivity contribution >= 4 is 5.91 Å². The number of halogens is 1. The molecule has 0 spiro atoms. The molecular weight excluding hydrogens is 245 g/mol. The maximum absolute atomic E-state index is 13.4. The molecule has 1 aliphatic rings. The molecule has 1 unspecified atom stereocenters. The zero-order chi connectivity index (χ0) is 13.8. The van der Waals surface area contributed by atoms with Crippen LogP contribution in [0.1, 0.15) is 36.8 Å². The zero-order valence-corrected chi connectivity index (χ0v) is 11.2. The van der Waals surface area contributed by atoms with Crippen LogP contribution in [0.3, 0.4) is 0 Å². The maximum atomic E-state index is 13.4. The Kier molecular flexibility index (Phi) is 4.47. The summed E-state index contributed by atoms with van der Waals surface area (Å²) in [5.74, 6) is -0.478. The van der Waals surface area contributed by atoms with Gasteiger partial charge in [0.25, 0.3) is 0 Å². The van der Waals surface area contributed by atoms with E-state index < -0.39 is 12.0 Å². The molecule has 19 heavy (non-hydrogen) atoms. The molecule has 104 valence electrons. The van der Waals surface area contributed by atoms with Crippen molar-refractivity contribution in [2.24, 2.45) is 11.7 Å². The first-order chi connectivity index (χ1) is 9.08. The number of nitrogens with one attached hydrogen (secondary N) is 1. The fourth-order valence-electron chi connectivity index (χ4n) is 2.57. The van der Waals surface area contributed by atoms with E-state index in [1.807, 2.05) is 6.92 Å². The molecule has 4 nitrogen and oxygen atoms in total. The van der Waals surface area contributed by atoms with Gasteiger partial charge in [0.1, 0.15) is 0 Å². The second-order valence-corrected chi connectivity index (χ2v) is 5.25. The van der Waals surface area contributed by atoms with Crippen molar-refractivity contribution in [2.75, 3.05) is 0 Å². The summed E-state index contributed by atoms with van der Waals surface area (Å²) in [4.78, 5) is 15.6. The number of hydrogen-bond acceptors (Lipinski definition) is 3. The van der Waals surface area contributed by atoms with E-state index in [0.29, 0.717) is 5.56 Å². The third-order valence-corrected chi connectivity index (χ3v) is 3.71. The van der Waals surface area contributed by atoms with Crippen molar-refractivity contribution in [3.05, 3.63) is 29.3 Å². The summed E-state index contributed by atoms with van der Waals surface area (Å²) in [5.41, 5.74) is 7.19. The average Bonchev–Trinajstić information content (AvgIpc) is 2.92. The maximum Gasteiger partial charge on any atom is 0.237 e. The second kappa shape index (κ2) is 6.10. The predicted octanol–water partition coefficient (Wildman–Crippen LogP) is 1.66. The number of carbonyl (C=O) groups is 1. The Bertz CT molecular complexity index is 458. The number of aryl methyl sites for hydroxylation is 1. The highest BCUT2D eigenvalue weighted by atomic mass is 19.1. The Morgan fingerprint density at radius 1 is 1.58 bits per heavy atom. The van der Waals surface area contributed by atoms with Crippen molar-refractivity contribution < 1.29 is 9.18 Å². The third kappa shape index (κ3) is 3.50. The Labute approximate surface area is 112 Å². The molecule has 0 saturated heterocycles. The van der Waals surface area contributed by atoms with Crippen LogP contribution in [0.15, 0.2) is 12.3 Å². The second-order valence-electron chi connectivity index (χ2n) is 5.25. The van der Waals surface area contributed by atoms with Crippen molar-refractivity contribution in [2.45, 2.75) is 45.2 Å². The van der Waals surface area contributed by atoms with Crippen molar-refractivity contribution in [3.8, 4) is 0 Å². The minimum Gasteiger partial charge on any atom is -0.350 e. The minimum atomic E-state index is -0.541. The van der Waals surface area contributed by atoms with Crippen molar-refractivity contribution in [3.63, 3.8) is 0 Å². The molecule has 1 fully saturated rings. The Morgan fingerprint density at radius 3 is 2.95 bits per heavy atom. The Hall–Kier alpha value is -1.49. The van der Waals surface area contributed by atoms with E-state index in [1.165, 1.54) is 6.20 Å².